The quantitative estimate of drug-likeness (QED) is 0.789. The lowest BCUT2D eigenvalue weighted by molar-refractivity contribution is 0.0996. The van der Waals surface area contributed by atoms with E-state index in [1.807, 2.05) is 24.3 Å². The van der Waals surface area contributed by atoms with Gasteiger partial charge in [0.15, 0.2) is 0 Å². The Kier molecular flexibility index (Phi) is 3.88. The first-order valence-corrected chi connectivity index (χ1v) is 7.21. The Hall–Kier alpha value is -2.30. The van der Waals surface area contributed by atoms with Crippen molar-refractivity contribution in [2.45, 2.75) is 0 Å². The number of halogens is 2. The predicted octanol–water partition coefficient (Wildman–Crippen LogP) is 3.95. The average molecular weight is 332 g/mol. The fourth-order valence-corrected chi connectivity index (χ4v) is 2.35. The minimum absolute atomic E-state index is 0.194. The van der Waals surface area contributed by atoms with Gasteiger partial charge in [-0.05, 0) is 48.5 Å². The van der Waals surface area contributed by atoms with Crippen molar-refractivity contribution in [1.29, 1.82) is 0 Å². The summed E-state index contributed by atoms with van der Waals surface area (Å²) in [6.45, 7) is 0. The zero-order valence-electron chi connectivity index (χ0n) is 11.3. The summed E-state index contributed by atoms with van der Waals surface area (Å²) >= 11 is 11.8. The van der Waals surface area contributed by atoms with Gasteiger partial charge in [0, 0.05) is 27.5 Å². The smallest absolute Gasteiger partial charge is 0.268 e. The van der Waals surface area contributed by atoms with E-state index >= 15 is 0 Å². The second-order valence-electron chi connectivity index (χ2n) is 4.67. The molecule has 1 aromatic heterocycles. The van der Waals surface area contributed by atoms with Crippen LogP contribution in [0.1, 0.15) is 10.5 Å². The normalized spacial score (nSPS) is 10.6. The minimum Gasteiger partial charge on any atom is -0.364 e. The zero-order valence-corrected chi connectivity index (χ0v) is 12.8. The van der Waals surface area contributed by atoms with E-state index in [-0.39, 0.29) is 5.69 Å². The van der Waals surface area contributed by atoms with Gasteiger partial charge in [0.2, 0.25) is 0 Å². The molecule has 0 aliphatic heterocycles. The lowest BCUT2D eigenvalue weighted by atomic mass is 10.2. The Labute approximate surface area is 137 Å². The number of imidazole rings is 1. The zero-order chi connectivity index (χ0) is 15.7. The molecular weight excluding hydrogens is 321 g/mol. The van der Waals surface area contributed by atoms with Crippen molar-refractivity contribution in [2.24, 2.45) is 5.73 Å². The number of nitrogens with two attached hydrogens (primary N) is 1. The molecule has 6 heteroatoms. The molecule has 0 spiro atoms. The molecule has 4 nitrogen and oxygen atoms in total. The third-order valence-electron chi connectivity index (χ3n) is 3.17. The maximum atomic E-state index is 11.4. The maximum absolute atomic E-state index is 11.4. The van der Waals surface area contributed by atoms with Gasteiger partial charge in [-0.15, -0.1) is 0 Å². The van der Waals surface area contributed by atoms with Gasteiger partial charge < -0.3 is 5.73 Å². The number of amides is 1. The number of carbonyl (C=O) groups is 1. The van der Waals surface area contributed by atoms with Crippen molar-refractivity contribution in [1.82, 2.24) is 9.55 Å². The predicted molar refractivity (Wildman–Crippen MR) is 87.5 cm³/mol. The van der Waals surface area contributed by atoms with Crippen molar-refractivity contribution in [2.75, 3.05) is 0 Å². The molecule has 3 rings (SSSR count). The highest BCUT2D eigenvalue weighted by Gasteiger charge is 2.14. The van der Waals surface area contributed by atoms with Crippen LogP contribution in [0.3, 0.4) is 0 Å². The Bertz CT molecular complexity index is 761. The van der Waals surface area contributed by atoms with E-state index in [0.29, 0.717) is 15.9 Å². The van der Waals surface area contributed by atoms with Gasteiger partial charge in [-0.2, -0.15) is 0 Å². The first kappa shape index (κ1) is 14.6. The molecule has 22 heavy (non-hydrogen) atoms. The third kappa shape index (κ3) is 2.84. The number of hydrogen-bond acceptors (Lipinski definition) is 2. The summed E-state index contributed by atoms with van der Waals surface area (Å²) in [5, 5.41) is 1.26. The van der Waals surface area contributed by atoms with Gasteiger partial charge >= 0.3 is 0 Å². The number of hydrogen-bond donors (Lipinski definition) is 1. The molecule has 1 heterocycles. The SMILES string of the molecule is NC(=O)c1cn(-c2ccc(Cl)cc2)c(-c2ccc(Cl)cc2)n1. The molecule has 0 aliphatic carbocycles. The van der Waals surface area contributed by atoms with Crippen LogP contribution in [0.5, 0.6) is 0 Å². The van der Waals surface area contributed by atoms with E-state index in [2.05, 4.69) is 4.98 Å². The van der Waals surface area contributed by atoms with Gasteiger partial charge in [0.1, 0.15) is 11.5 Å². The molecule has 2 aromatic carbocycles. The van der Waals surface area contributed by atoms with Gasteiger partial charge in [-0.3, -0.25) is 9.36 Å². The van der Waals surface area contributed by atoms with E-state index in [0.717, 1.165) is 11.3 Å². The van der Waals surface area contributed by atoms with Crippen LogP contribution in [0.4, 0.5) is 0 Å². The largest absolute Gasteiger partial charge is 0.364 e. The van der Waals surface area contributed by atoms with Crippen LogP contribution in [0.2, 0.25) is 10.0 Å². The molecule has 2 N–H and O–H groups in total. The second kappa shape index (κ2) is 5.83. The van der Waals surface area contributed by atoms with Crippen LogP contribution >= 0.6 is 23.2 Å². The van der Waals surface area contributed by atoms with Crippen LogP contribution in [0.25, 0.3) is 17.1 Å². The average Bonchev–Trinajstić information content (AvgIpc) is 2.94. The summed E-state index contributed by atoms with van der Waals surface area (Å²) in [7, 11) is 0. The Morgan fingerprint density at radius 1 is 0.955 bits per heavy atom. The fraction of sp³-hybridized carbons (Fsp3) is 0. The topological polar surface area (TPSA) is 60.9 Å². The number of rotatable bonds is 3. The molecule has 0 radical (unpaired) electrons. The minimum atomic E-state index is -0.581. The van der Waals surface area contributed by atoms with E-state index in [9.17, 15) is 4.79 Å². The van der Waals surface area contributed by atoms with Crippen molar-refractivity contribution < 1.29 is 4.79 Å². The lowest BCUT2D eigenvalue weighted by Crippen LogP contribution is -2.11. The van der Waals surface area contributed by atoms with E-state index in [1.54, 1.807) is 35.0 Å². The highest BCUT2D eigenvalue weighted by atomic mass is 35.5. The lowest BCUT2D eigenvalue weighted by Gasteiger charge is -2.08. The molecule has 0 unspecified atom stereocenters. The molecule has 0 aliphatic rings. The van der Waals surface area contributed by atoms with Crippen molar-refractivity contribution in [3.05, 3.63) is 70.5 Å². The van der Waals surface area contributed by atoms with E-state index < -0.39 is 5.91 Å². The molecule has 0 bridgehead atoms. The second-order valence-corrected chi connectivity index (χ2v) is 5.54. The summed E-state index contributed by atoms with van der Waals surface area (Å²) in [5.74, 6) is 0.0238. The van der Waals surface area contributed by atoms with E-state index in [1.165, 1.54) is 0 Å². The number of carbonyl (C=O) groups excluding carboxylic acids is 1. The van der Waals surface area contributed by atoms with Crippen LogP contribution in [-0.2, 0) is 0 Å². The molecule has 110 valence electrons. The van der Waals surface area contributed by atoms with Crippen LogP contribution < -0.4 is 5.73 Å². The molecular formula is C16H11Cl2N3O. The van der Waals surface area contributed by atoms with E-state index in [4.69, 9.17) is 28.9 Å². The highest BCUT2D eigenvalue weighted by molar-refractivity contribution is 6.30. The molecule has 0 atom stereocenters. The fourth-order valence-electron chi connectivity index (χ4n) is 2.10. The van der Waals surface area contributed by atoms with Gasteiger partial charge in [-0.1, -0.05) is 23.2 Å². The van der Waals surface area contributed by atoms with Gasteiger partial charge in [0.05, 0.1) is 0 Å². The maximum Gasteiger partial charge on any atom is 0.268 e. The number of benzene rings is 2. The van der Waals surface area contributed by atoms with Crippen molar-refractivity contribution in [3.63, 3.8) is 0 Å². The van der Waals surface area contributed by atoms with Crippen LogP contribution in [-0.4, -0.2) is 15.5 Å². The standard InChI is InChI=1S/C16H11Cl2N3O/c17-11-3-1-10(2-4-11)16-20-14(15(19)22)9-21(16)13-7-5-12(18)6-8-13/h1-9H,(H2,19,22). The molecule has 0 saturated carbocycles. The number of primary amides is 1. The highest BCUT2D eigenvalue weighted by Crippen LogP contribution is 2.25. The summed E-state index contributed by atoms with van der Waals surface area (Å²) in [5.41, 5.74) is 7.19. The third-order valence-corrected chi connectivity index (χ3v) is 3.67. The summed E-state index contributed by atoms with van der Waals surface area (Å²) in [4.78, 5) is 15.8. The van der Waals surface area contributed by atoms with Gasteiger partial charge in [0.25, 0.3) is 5.91 Å². The van der Waals surface area contributed by atoms with Crippen LogP contribution in [0.15, 0.2) is 54.7 Å². The Morgan fingerprint density at radius 3 is 2.05 bits per heavy atom. The summed E-state index contributed by atoms with van der Waals surface area (Å²) in [6, 6.07) is 14.4. The molecule has 0 fully saturated rings. The summed E-state index contributed by atoms with van der Waals surface area (Å²) in [6.07, 6.45) is 1.61. The Morgan fingerprint density at radius 2 is 1.50 bits per heavy atom. The Balaban J connectivity index is 2.17. The van der Waals surface area contributed by atoms with Crippen LogP contribution in [0, 0.1) is 0 Å². The number of aromatic nitrogens is 2. The molecule has 1 amide bonds. The summed E-state index contributed by atoms with van der Waals surface area (Å²) < 4.78 is 1.79. The number of nitrogens with zero attached hydrogens (tertiary/aromatic N) is 2. The monoisotopic (exact) mass is 331 g/mol. The molecule has 0 saturated heterocycles. The molecule has 3 aromatic rings. The van der Waals surface area contributed by atoms with Crippen molar-refractivity contribution >= 4 is 29.1 Å². The van der Waals surface area contributed by atoms with Crippen molar-refractivity contribution in [3.8, 4) is 17.1 Å². The first-order chi connectivity index (χ1) is 10.5. The first-order valence-electron chi connectivity index (χ1n) is 6.45. The van der Waals surface area contributed by atoms with Gasteiger partial charge in [-0.25, -0.2) is 4.98 Å².